The number of halogens is 1. The molecule has 0 radical (unpaired) electrons. The van der Waals surface area contributed by atoms with Crippen molar-refractivity contribution in [3.8, 4) is 5.69 Å². The highest BCUT2D eigenvalue weighted by Gasteiger charge is 2.33. The van der Waals surface area contributed by atoms with Gasteiger partial charge in [0.25, 0.3) is 5.91 Å². The molecular weight excluding hydrogens is 500 g/mol. The predicted octanol–water partition coefficient (Wildman–Crippen LogP) is 2.99. The van der Waals surface area contributed by atoms with E-state index >= 15 is 0 Å². The largest absolute Gasteiger partial charge is 0.306 e. The molecule has 2 aliphatic heterocycles. The van der Waals surface area contributed by atoms with Gasteiger partial charge in [-0.3, -0.25) is 4.79 Å². The van der Waals surface area contributed by atoms with Gasteiger partial charge in [0.15, 0.2) is 9.84 Å². The first-order chi connectivity index (χ1) is 16.1. The lowest BCUT2D eigenvalue weighted by atomic mass is 10.2. The fraction of sp³-hybridized carbons (Fsp3) is 0.273. The summed E-state index contributed by atoms with van der Waals surface area (Å²) in [5, 5.41) is 7.72. The van der Waals surface area contributed by atoms with Gasteiger partial charge in [-0.15, -0.1) is 0 Å². The Morgan fingerprint density at radius 1 is 0.971 bits per heavy atom. The van der Waals surface area contributed by atoms with Crippen LogP contribution in [0.3, 0.4) is 0 Å². The number of rotatable bonds is 5. The maximum atomic E-state index is 13.0. The first-order valence-corrected chi connectivity index (χ1v) is 14.3. The number of carbonyl (C=O) groups is 1. The Hall–Kier alpha value is -2.73. The standard InChI is InChI=1S/C22H21ClN4O5S2/c23-16-5-7-17(8-6-16)27-21(19-13-33(29,30)14-20(19)25-27)24-22(28)15-3-9-18(10-4-15)34(31,32)26-11-1-2-12-26/h3-10H,1-2,11-14H2,(H,24,28). The van der Waals surface area contributed by atoms with Gasteiger partial charge in [0.05, 0.1) is 27.8 Å². The Balaban J connectivity index is 1.45. The highest BCUT2D eigenvalue weighted by Crippen LogP contribution is 2.33. The second-order valence-electron chi connectivity index (χ2n) is 8.28. The molecule has 1 N–H and O–H groups in total. The minimum absolute atomic E-state index is 0.129. The number of hydrogen-bond donors (Lipinski definition) is 1. The molecule has 178 valence electrons. The maximum absolute atomic E-state index is 13.0. The molecule has 3 aromatic rings. The molecular formula is C22H21ClN4O5S2. The average Bonchev–Trinajstić information content (AvgIpc) is 3.51. The van der Waals surface area contributed by atoms with Crippen LogP contribution in [0.4, 0.5) is 5.82 Å². The zero-order chi connectivity index (χ0) is 24.1. The fourth-order valence-electron chi connectivity index (χ4n) is 4.18. The van der Waals surface area contributed by atoms with Crippen molar-refractivity contribution in [2.75, 3.05) is 18.4 Å². The Bertz CT molecular complexity index is 1480. The molecule has 0 atom stereocenters. The second kappa shape index (κ2) is 8.49. The van der Waals surface area contributed by atoms with Crippen molar-refractivity contribution < 1.29 is 21.6 Å². The van der Waals surface area contributed by atoms with E-state index in [9.17, 15) is 21.6 Å². The van der Waals surface area contributed by atoms with Crippen molar-refractivity contribution in [3.05, 3.63) is 70.4 Å². The lowest BCUT2D eigenvalue weighted by Gasteiger charge is -2.15. The van der Waals surface area contributed by atoms with E-state index in [2.05, 4.69) is 10.4 Å². The molecule has 0 bridgehead atoms. The Morgan fingerprint density at radius 2 is 1.62 bits per heavy atom. The van der Waals surface area contributed by atoms with Gasteiger partial charge in [0, 0.05) is 29.2 Å². The summed E-state index contributed by atoms with van der Waals surface area (Å²) >= 11 is 5.98. The van der Waals surface area contributed by atoms with E-state index in [4.69, 9.17) is 11.6 Å². The van der Waals surface area contributed by atoms with Gasteiger partial charge in [0.2, 0.25) is 10.0 Å². The lowest BCUT2D eigenvalue weighted by Crippen LogP contribution is -2.27. The normalized spacial score (nSPS) is 17.6. The van der Waals surface area contributed by atoms with E-state index in [-0.39, 0.29) is 27.8 Å². The van der Waals surface area contributed by atoms with Crippen LogP contribution in [0.2, 0.25) is 5.02 Å². The van der Waals surface area contributed by atoms with Crippen LogP contribution in [0.5, 0.6) is 0 Å². The van der Waals surface area contributed by atoms with Gasteiger partial charge in [-0.1, -0.05) is 11.6 Å². The Morgan fingerprint density at radius 3 is 2.26 bits per heavy atom. The van der Waals surface area contributed by atoms with E-state index < -0.39 is 25.8 Å². The molecule has 0 unspecified atom stereocenters. The molecule has 1 amide bonds. The van der Waals surface area contributed by atoms with Gasteiger partial charge in [0.1, 0.15) is 5.82 Å². The molecule has 0 saturated carbocycles. The zero-order valence-corrected chi connectivity index (χ0v) is 20.3. The van der Waals surface area contributed by atoms with Crippen LogP contribution < -0.4 is 5.32 Å². The number of anilines is 1. The molecule has 12 heteroatoms. The smallest absolute Gasteiger partial charge is 0.256 e. The summed E-state index contributed by atoms with van der Waals surface area (Å²) < 4.78 is 52.7. The maximum Gasteiger partial charge on any atom is 0.256 e. The molecule has 0 spiro atoms. The third-order valence-electron chi connectivity index (χ3n) is 5.91. The third-order valence-corrected chi connectivity index (χ3v) is 9.52. The SMILES string of the molecule is O=C(Nc1c2c(nn1-c1ccc(Cl)cc1)CS(=O)(=O)C2)c1ccc(S(=O)(=O)N2CCCC2)cc1. The molecule has 1 fully saturated rings. The third kappa shape index (κ3) is 4.24. The van der Waals surface area contributed by atoms with Crippen molar-refractivity contribution in [1.29, 1.82) is 0 Å². The van der Waals surface area contributed by atoms with Crippen molar-refractivity contribution in [2.24, 2.45) is 0 Å². The number of carbonyl (C=O) groups excluding carboxylic acids is 1. The number of benzene rings is 2. The molecule has 2 aliphatic rings. The monoisotopic (exact) mass is 520 g/mol. The first-order valence-electron chi connectivity index (χ1n) is 10.6. The topological polar surface area (TPSA) is 118 Å². The predicted molar refractivity (Wildman–Crippen MR) is 127 cm³/mol. The number of sulfonamides is 1. The first kappa shape index (κ1) is 23.0. The molecule has 9 nitrogen and oxygen atoms in total. The van der Waals surface area contributed by atoms with Gasteiger partial charge < -0.3 is 5.32 Å². The lowest BCUT2D eigenvalue weighted by molar-refractivity contribution is 0.102. The second-order valence-corrected chi connectivity index (χ2v) is 12.7. The van der Waals surface area contributed by atoms with Crippen LogP contribution in [-0.4, -0.2) is 49.9 Å². The minimum Gasteiger partial charge on any atom is -0.306 e. The Kier molecular flexibility index (Phi) is 5.75. The van der Waals surface area contributed by atoms with Crippen molar-refractivity contribution in [2.45, 2.75) is 29.2 Å². The van der Waals surface area contributed by atoms with Crippen molar-refractivity contribution in [3.63, 3.8) is 0 Å². The molecule has 0 aliphatic carbocycles. The highest BCUT2D eigenvalue weighted by atomic mass is 35.5. The highest BCUT2D eigenvalue weighted by molar-refractivity contribution is 7.90. The summed E-state index contributed by atoms with van der Waals surface area (Å²) in [5.41, 5.74) is 1.67. The van der Waals surface area contributed by atoms with Crippen LogP contribution >= 0.6 is 11.6 Å². The van der Waals surface area contributed by atoms with Gasteiger partial charge >= 0.3 is 0 Å². The molecule has 34 heavy (non-hydrogen) atoms. The van der Waals surface area contributed by atoms with Crippen LogP contribution in [0.15, 0.2) is 53.4 Å². The van der Waals surface area contributed by atoms with Crippen molar-refractivity contribution in [1.82, 2.24) is 14.1 Å². The van der Waals surface area contributed by atoms with E-state index in [0.29, 0.717) is 35.1 Å². The van der Waals surface area contributed by atoms with Crippen LogP contribution in [-0.2, 0) is 31.4 Å². The summed E-state index contributed by atoms with van der Waals surface area (Å²) in [6.45, 7) is 0.987. The summed E-state index contributed by atoms with van der Waals surface area (Å²) in [6.07, 6.45) is 1.67. The quantitative estimate of drug-likeness (QED) is 0.552. The number of amides is 1. The molecule has 1 aromatic heterocycles. The van der Waals surface area contributed by atoms with Crippen LogP contribution in [0, 0.1) is 0 Å². The van der Waals surface area contributed by atoms with E-state index in [1.54, 1.807) is 24.3 Å². The van der Waals surface area contributed by atoms with E-state index in [0.717, 1.165) is 12.8 Å². The zero-order valence-electron chi connectivity index (χ0n) is 17.9. The van der Waals surface area contributed by atoms with Gasteiger partial charge in [-0.05, 0) is 61.4 Å². The molecule has 5 rings (SSSR count). The van der Waals surface area contributed by atoms with Gasteiger partial charge in [-0.25, -0.2) is 21.5 Å². The Labute approximate surface area is 202 Å². The number of fused-ring (bicyclic) bond motifs is 1. The number of nitrogens with one attached hydrogen (secondary N) is 1. The summed E-state index contributed by atoms with van der Waals surface area (Å²) in [5.74, 6) is -0.669. The van der Waals surface area contributed by atoms with Crippen LogP contribution in [0.1, 0.15) is 34.5 Å². The van der Waals surface area contributed by atoms with Crippen LogP contribution in [0.25, 0.3) is 5.69 Å². The van der Waals surface area contributed by atoms with E-state index in [1.165, 1.54) is 33.3 Å². The van der Waals surface area contributed by atoms with Crippen molar-refractivity contribution >= 4 is 43.2 Å². The molecule has 2 aromatic carbocycles. The summed E-state index contributed by atoms with van der Waals surface area (Å²) in [7, 11) is -6.93. The van der Waals surface area contributed by atoms with E-state index in [1.807, 2.05) is 0 Å². The number of nitrogens with zero attached hydrogens (tertiary/aromatic N) is 3. The molecule has 3 heterocycles. The summed E-state index contributed by atoms with van der Waals surface area (Å²) in [4.78, 5) is 13.2. The number of aromatic nitrogens is 2. The van der Waals surface area contributed by atoms with Gasteiger partial charge in [-0.2, -0.15) is 9.40 Å². The minimum atomic E-state index is -3.59. The average molecular weight is 521 g/mol. The number of hydrogen-bond acceptors (Lipinski definition) is 6. The fourth-order valence-corrected chi connectivity index (χ4v) is 7.31. The molecule has 1 saturated heterocycles. The summed E-state index contributed by atoms with van der Waals surface area (Å²) in [6, 6.07) is 12.5. The number of sulfone groups is 1.